The van der Waals surface area contributed by atoms with E-state index in [4.69, 9.17) is 4.74 Å². The summed E-state index contributed by atoms with van der Waals surface area (Å²) in [6.07, 6.45) is -4.42. The maximum Gasteiger partial charge on any atom is 0.409 e. The summed E-state index contributed by atoms with van der Waals surface area (Å²) in [5.74, 6) is -0.0232. The number of alkyl halides is 3. The van der Waals surface area contributed by atoms with Crippen LogP contribution in [0.5, 0.6) is 5.75 Å². The maximum absolute atomic E-state index is 13.3. The van der Waals surface area contributed by atoms with Gasteiger partial charge in [0.2, 0.25) is 5.91 Å². The van der Waals surface area contributed by atoms with Gasteiger partial charge in [-0.05, 0) is 24.6 Å². The minimum Gasteiger partial charge on any atom is -0.494 e. The molecule has 0 aromatic heterocycles. The van der Waals surface area contributed by atoms with Crippen molar-refractivity contribution in [2.24, 2.45) is 0 Å². The molecule has 110 valence electrons. The number of nitrogens with one attached hydrogen (secondary N) is 1. The summed E-state index contributed by atoms with van der Waals surface area (Å²) in [7, 11) is 0. The molecule has 7 heteroatoms. The highest BCUT2D eigenvalue weighted by Gasteiger charge is 2.46. The lowest BCUT2D eigenvalue weighted by molar-refractivity contribution is -0.191. The van der Waals surface area contributed by atoms with Crippen molar-refractivity contribution in [3.63, 3.8) is 0 Å². The Balaban J connectivity index is 2.31. The van der Waals surface area contributed by atoms with Crippen LogP contribution >= 0.6 is 0 Å². The molecule has 0 radical (unpaired) electrons. The molecule has 0 unspecified atom stereocenters. The molecule has 1 aliphatic rings. The molecule has 0 aliphatic carbocycles. The van der Waals surface area contributed by atoms with Gasteiger partial charge in [0.1, 0.15) is 11.8 Å². The van der Waals surface area contributed by atoms with Crippen molar-refractivity contribution < 1.29 is 22.7 Å². The van der Waals surface area contributed by atoms with E-state index in [-0.39, 0.29) is 18.5 Å². The van der Waals surface area contributed by atoms with Crippen LogP contribution in [0.25, 0.3) is 0 Å². The Kier molecular flexibility index (Phi) is 4.17. The number of carbonyl (C=O) groups excluding carboxylic acids is 1. The third kappa shape index (κ3) is 3.22. The number of halogens is 3. The zero-order valence-electron chi connectivity index (χ0n) is 10.9. The number of amides is 1. The van der Waals surface area contributed by atoms with E-state index in [1.54, 1.807) is 13.0 Å². The van der Waals surface area contributed by atoms with Crippen LogP contribution in [0.4, 0.5) is 13.2 Å². The van der Waals surface area contributed by atoms with Crippen molar-refractivity contribution in [2.45, 2.75) is 25.6 Å². The van der Waals surface area contributed by atoms with Crippen molar-refractivity contribution in [1.29, 1.82) is 0 Å². The average Bonchev–Trinajstić information content (AvgIpc) is 2.75. The SMILES string of the molecule is CCOc1cccc([C@H](N2CCC(=O)N2)C(F)(F)F)c1. The summed E-state index contributed by atoms with van der Waals surface area (Å²) in [5, 5.41) is 0.924. The Bertz CT molecular complexity index is 491. The molecule has 4 nitrogen and oxygen atoms in total. The molecule has 20 heavy (non-hydrogen) atoms. The van der Waals surface area contributed by atoms with Gasteiger partial charge in [-0.15, -0.1) is 0 Å². The topological polar surface area (TPSA) is 41.6 Å². The minimum absolute atomic E-state index is 0.0296. The van der Waals surface area contributed by atoms with Crippen molar-refractivity contribution >= 4 is 5.91 Å². The summed E-state index contributed by atoms with van der Waals surface area (Å²) < 4.78 is 45.0. The van der Waals surface area contributed by atoms with E-state index in [2.05, 4.69) is 5.43 Å². The van der Waals surface area contributed by atoms with Crippen LogP contribution in [0.1, 0.15) is 24.9 Å². The largest absolute Gasteiger partial charge is 0.494 e. The third-order valence-electron chi connectivity index (χ3n) is 2.95. The molecule has 1 aromatic rings. The first-order valence-corrected chi connectivity index (χ1v) is 6.27. The van der Waals surface area contributed by atoms with Gasteiger partial charge in [-0.25, -0.2) is 5.01 Å². The molecule has 0 bridgehead atoms. The summed E-state index contributed by atoms with van der Waals surface area (Å²) in [5.41, 5.74) is 2.29. The number of hydrogen-bond donors (Lipinski definition) is 1. The quantitative estimate of drug-likeness (QED) is 0.925. The lowest BCUT2D eigenvalue weighted by Crippen LogP contribution is -2.43. The Morgan fingerprint density at radius 2 is 2.20 bits per heavy atom. The molecule has 2 rings (SSSR count). The number of ether oxygens (including phenoxy) is 1. The first-order chi connectivity index (χ1) is 9.41. The minimum atomic E-state index is -4.48. The van der Waals surface area contributed by atoms with Crippen LogP contribution in [0.15, 0.2) is 24.3 Å². The van der Waals surface area contributed by atoms with Gasteiger partial charge in [0, 0.05) is 13.0 Å². The third-order valence-corrected chi connectivity index (χ3v) is 2.95. The van der Waals surface area contributed by atoms with E-state index >= 15 is 0 Å². The van der Waals surface area contributed by atoms with E-state index in [1.165, 1.54) is 18.2 Å². The number of hydrazine groups is 1. The van der Waals surface area contributed by atoms with Crippen LogP contribution < -0.4 is 10.2 Å². The van der Waals surface area contributed by atoms with Gasteiger partial charge in [0.05, 0.1) is 6.61 Å². The standard InChI is InChI=1S/C13H15F3N2O2/c1-2-20-10-5-3-4-9(8-10)12(13(14,15)16)18-7-6-11(19)17-18/h3-5,8,12H,2,6-7H2,1H3,(H,17,19)/t12-/m0/s1. The van der Waals surface area contributed by atoms with Crippen molar-refractivity contribution in [3.8, 4) is 5.75 Å². The highest BCUT2D eigenvalue weighted by Crippen LogP contribution is 2.38. The fraction of sp³-hybridized carbons (Fsp3) is 0.462. The van der Waals surface area contributed by atoms with Gasteiger partial charge in [-0.3, -0.25) is 10.2 Å². The normalized spacial score (nSPS) is 17.9. The molecule has 0 spiro atoms. The van der Waals surface area contributed by atoms with Gasteiger partial charge in [-0.1, -0.05) is 12.1 Å². The second-order valence-corrected chi connectivity index (χ2v) is 4.43. The van der Waals surface area contributed by atoms with Gasteiger partial charge >= 0.3 is 6.18 Å². The van der Waals surface area contributed by atoms with Gasteiger partial charge < -0.3 is 4.74 Å². The Labute approximate surface area is 114 Å². The first kappa shape index (κ1) is 14.6. The van der Waals surface area contributed by atoms with E-state index < -0.39 is 18.1 Å². The lowest BCUT2D eigenvalue weighted by Gasteiger charge is -2.29. The fourth-order valence-electron chi connectivity index (χ4n) is 2.17. The summed E-state index contributed by atoms with van der Waals surface area (Å²) in [6, 6.07) is 3.98. The molecule has 1 atom stereocenters. The molecule has 1 aromatic carbocycles. The van der Waals surface area contributed by atoms with Crippen molar-refractivity contribution in [2.75, 3.05) is 13.2 Å². The molecule has 1 N–H and O–H groups in total. The second kappa shape index (κ2) is 5.70. The predicted molar refractivity (Wildman–Crippen MR) is 65.9 cm³/mol. The molecule has 1 saturated heterocycles. The predicted octanol–water partition coefficient (Wildman–Crippen LogP) is 2.43. The Morgan fingerprint density at radius 1 is 1.45 bits per heavy atom. The molecule has 0 saturated carbocycles. The lowest BCUT2D eigenvalue weighted by atomic mass is 10.1. The Morgan fingerprint density at radius 3 is 2.75 bits per heavy atom. The summed E-state index contributed by atoms with van der Waals surface area (Å²) >= 11 is 0. The fourth-order valence-corrected chi connectivity index (χ4v) is 2.17. The monoisotopic (exact) mass is 288 g/mol. The molecular formula is C13H15F3N2O2. The number of rotatable bonds is 4. The number of nitrogens with zero attached hydrogens (tertiary/aromatic N) is 1. The smallest absolute Gasteiger partial charge is 0.409 e. The first-order valence-electron chi connectivity index (χ1n) is 6.27. The summed E-state index contributed by atoms with van der Waals surface area (Å²) in [6.45, 7) is 2.16. The van der Waals surface area contributed by atoms with Crippen molar-refractivity contribution in [1.82, 2.24) is 10.4 Å². The van der Waals surface area contributed by atoms with Crippen LogP contribution in [0.3, 0.4) is 0 Å². The van der Waals surface area contributed by atoms with Gasteiger partial charge in [0.25, 0.3) is 0 Å². The van der Waals surface area contributed by atoms with Crippen molar-refractivity contribution in [3.05, 3.63) is 29.8 Å². The van der Waals surface area contributed by atoms with E-state index in [0.717, 1.165) is 5.01 Å². The van der Waals surface area contributed by atoms with Gasteiger partial charge in [0.15, 0.2) is 0 Å². The highest BCUT2D eigenvalue weighted by atomic mass is 19.4. The van der Waals surface area contributed by atoms with Crippen LogP contribution in [0, 0.1) is 0 Å². The van der Waals surface area contributed by atoms with E-state index in [1.807, 2.05) is 0 Å². The van der Waals surface area contributed by atoms with Crippen LogP contribution in [-0.4, -0.2) is 30.2 Å². The Hall–Kier alpha value is -1.76. The zero-order chi connectivity index (χ0) is 14.8. The number of carbonyl (C=O) groups is 1. The highest BCUT2D eigenvalue weighted by molar-refractivity contribution is 5.77. The van der Waals surface area contributed by atoms with E-state index in [0.29, 0.717) is 12.4 Å². The molecule has 1 fully saturated rings. The zero-order valence-corrected chi connectivity index (χ0v) is 10.9. The van der Waals surface area contributed by atoms with Crippen LogP contribution in [0.2, 0.25) is 0 Å². The maximum atomic E-state index is 13.3. The molecular weight excluding hydrogens is 273 g/mol. The second-order valence-electron chi connectivity index (χ2n) is 4.43. The molecule has 1 aliphatic heterocycles. The average molecular weight is 288 g/mol. The molecule has 1 heterocycles. The van der Waals surface area contributed by atoms with Gasteiger partial charge in [-0.2, -0.15) is 13.2 Å². The van der Waals surface area contributed by atoms with Crippen LogP contribution in [-0.2, 0) is 4.79 Å². The summed E-state index contributed by atoms with van der Waals surface area (Å²) in [4.78, 5) is 11.1. The molecule has 1 amide bonds. The van der Waals surface area contributed by atoms with E-state index in [9.17, 15) is 18.0 Å². The number of benzene rings is 1. The number of hydrogen-bond acceptors (Lipinski definition) is 3.